The van der Waals surface area contributed by atoms with Crippen molar-refractivity contribution in [2.75, 3.05) is 19.8 Å². The third-order valence-corrected chi connectivity index (χ3v) is 2.96. The first-order valence-electron chi connectivity index (χ1n) is 6.88. The van der Waals surface area contributed by atoms with Crippen LogP contribution in [0.4, 0.5) is 4.39 Å². The molecule has 0 radical (unpaired) electrons. The molecule has 108 valence electrons. The van der Waals surface area contributed by atoms with Gasteiger partial charge in [-0.1, -0.05) is 25.5 Å². The minimum atomic E-state index is -0.534. The van der Waals surface area contributed by atoms with Crippen LogP contribution in [0.25, 0.3) is 0 Å². The zero-order valence-corrected chi connectivity index (χ0v) is 11.7. The standard InChI is InChI=1S/C15H24FNO2/c1-3-4-8-19-11-15(18)10-17-12(2)13-6-5-7-14(16)9-13/h5-7,9,12,15,17-18H,3-4,8,10-11H2,1-2H3/t12-,15?/m1/s1. The Morgan fingerprint density at radius 1 is 1.42 bits per heavy atom. The summed E-state index contributed by atoms with van der Waals surface area (Å²) in [6, 6.07) is 6.48. The van der Waals surface area contributed by atoms with Crippen molar-refractivity contribution in [3.05, 3.63) is 35.6 Å². The summed E-state index contributed by atoms with van der Waals surface area (Å²) >= 11 is 0. The van der Waals surface area contributed by atoms with Gasteiger partial charge in [-0.05, 0) is 31.0 Å². The molecule has 0 aliphatic rings. The van der Waals surface area contributed by atoms with Crippen LogP contribution in [-0.4, -0.2) is 31.0 Å². The summed E-state index contributed by atoms with van der Waals surface area (Å²) in [7, 11) is 0. The maximum atomic E-state index is 13.1. The van der Waals surface area contributed by atoms with Gasteiger partial charge in [-0.3, -0.25) is 0 Å². The Kier molecular flexibility index (Phi) is 7.63. The van der Waals surface area contributed by atoms with Crippen molar-refractivity contribution in [3.8, 4) is 0 Å². The second kappa shape index (κ2) is 9.02. The van der Waals surface area contributed by atoms with E-state index in [-0.39, 0.29) is 11.9 Å². The van der Waals surface area contributed by atoms with Gasteiger partial charge in [0.1, 0.15) is 5.82 Å². The number of hydrogen-bond donors (Lipinski definition) is 2. The van der Waals surface area contributed by atoms with Crippen molar-refractivity contribution in [1.29, 1.82) is 0 Å². The van der Waals surface area contributed by atoms with Gasteiger partial charge in [0.05, 0.1) is 12.7 Å². The summed E-state index contributed by atoms with van der Waals surface area (Å²) in [5.74, 6) is -0.241. The first-order valence-corrected chi connectivity index (χ1v) is 6.88. The van der Waals surface area contributed by atoms with Crippen LogP contribution in [0.5, 0.6) is 0 Å². The molecular formula is C15H24FNO2. The fourth-order valence-electron chi connectivity index (χ4n) is 1.73. The number of nitrogens with one attached hydrogen (secondary N) is 1. The fraction of sp³-hybridized carbons (Fsp3) is 0.600. The lowest BCUT2D eigenvalue weighted by atomic mass is 10.1. The molecule has 19 heavy (non-hydrogen) atoms. The number of hydrogen-bond acceptors (Lipinski definition) is 3. The monoisotopic (exact) mass is 269 g/mol. The molecule has 1 unspecified atom stereocenters. The first kappa shape index (κ1) is 16.1. The van der Waals surface area contributed by atoms with Crippen LogP contribution in [0.15, 0.2) is 24.3 Å². The van der Waals surface area contributed by atoms with Gasteiger partial charge >= 0.3 is 0 Å². The van der Waals surface area contributed by atoms with E-state index in [1.165, 1.54) is 12.1 Å². The van der Waals surface area contributed by atoms with Crippen molar-refractivity contribution in [2.24, 2.45) is 0 Å². The Balaban J connectivity index is 2.24. The van der Waals surface area contributed by atoms with Gasteiger partial charge in [-0.15, -0.1) is 0 Å². The Labute approximate surface area is 114 Å². The molecule has 0 heterocycles. The molecule has 1 aromatic rings. The molecule has 0 fully saturated rings. The van der Waals surface area contributed by atoms with Gasteiger partial charge in [-0.25, -0.2) is 4.39 Å². The summed E-state index contributed by atoms with van der Waals surface area (Å²) in [4.78, 5) is 0. The van der Waals surface area contributed by atoms with Crippen molar-refractivity contribution in [2.45, 2.75) is 38.8 Å². The Hall–Kier alpha value is -0.970. The molecular weight excluding hydrogens is 245 g/mol. The summed E-state index contributed by atoms with van der Waals surface area (Å²) in [6.07, 6.45) is 1.57. The lowest BCUT2D eigenvalue weighted by Crippen LogP contribution is -2.32. The SMILES string of the molecule is CCCCOCC(O)CN[C@H](C)c1cccc(F)c1. The van der Waals surface area contributed by atoms with E-state index in [0.717, 1.165) is 18.4 Å². The number of aliphatic hydroxyl groups excluding tert-OH is 1. The van der Waals surface area contributed by atoms with E-state index in [9.17, 15) is 9.50 Å². The van der Waals surface area contributed by atoms with Crippen molar-refractivity contribution < 1.29 is 14.2 Å². The van der Waals surface area contributed by atoms with Crippen LogP contribution < -0.4 is 5.32 Å². The predicted octanol–water partition coefficient (Wildman–Crippen LogP) is 2.65. The van der Waals surface area contributed by atoms with Crippen molar-refractivity contribution in [1.82, 2.24) is 5.32 Å². The highest BCUT2D eigenvalue weighted by Crippen LogP contribution is 2.13. The second-order valence-corrected chi connectivity index (χ2v) is 4.77. The molecule has 0 amide bonds. The van der Waals surface area contributed by atoms with Gasteiger partial charge in [0.15, 0.2) is 0 Å². The van der Waals surface area contributed by atoms with Gasteiger partial charge in [0.25, 0.3) is 0 Å². The molecule has 0 aliphatic carbocycles. The number of rotatable bonds is 9. The van der Waals surface area contributed by atoms with E-state index >= 15 is 0 Å². The molecule has 2 atom stereocenters. The summed E-state index contributed by atoms with van der Waals surface area (Å²) < 4.78 is 18.4. The van der Waals surface area contributed by atoms with Crippen LogP contribution in [0, 0.1) is 5.82 Å². The maximum absolute atomic E-state index is 13.1. The van der Waals surface area contributed by atoms with Gasteiger partial charge in [-0.2, -0.15) is 0 Å². The molecule has 0 spiro atoms. The molecule has 2 N–H and O–H groups in total. The minimum absolute atomic E-state index is 0.000918. The van der Waals surface area contributed by atoms with Gasteiger partial charge < -0.3 is 15.2 Å². The fourth-order valence-corrected chi connectivity index (χ4v) is 1.73. The highest BCUT2D eigenvalue weighted by Gasteiger charge is 2.09. The number of benzene rings is 1. The minimum Gasteiger partial charge on any atom is -0.389 e. The molecule has 0 saturated carbocycles. The lowest BCUT2D eigenvalue weighted by molar-refractivity contribution is 0.0348. The summed E-state index contributed by atoms with van der Waals surface area (Å²) in [6.45, 7) is 5.50. The maximum Gasteiger partial charge on any atom is 0.123 e. The highest BCUT2D eigenvalue weighted by atomic mass is 19.1. The summed E-state index contributed by atoms with van der Waals surface area (Å²) in [5, 5.41) is 12.9. The van der Waals surface area contributed by atoms with E-state index < -0.39 is 6.10 Å². The van der Waals surface area contributed by atoms with Crippen molar-refractivity contribution in [3.63, 3.8) is 0 Å². The van der Waals surface area contributed by atoms with Gasteiger partial charge in [0.2, 0.25) is 0 Å². The quantitative estimate of drug-likeness (QED) is 0.677. The van der Waals surface area contributed by atoms with E-state index in [1.54, 1.807) is 6.07 Å². The molecule has 4 heteroatoms. The van der Waals surface area contributed by atoms with Crippen LogP contribution in [-0.2, 0) is 4.74 Å². The average molecular weight is 269 g/mol. The molecule has 0 aromatic heterocycles. The number of ether oxygens (including phenoxy) is 1. The summed E-state index contributed by atoms with van der Waals surface area (Å²) in [5.41, 5.74) is 0.874. The molecule has 0 aliphatic heterocycles. The molecule has 0 saturated heterocycles. The zero-order chi connectivity index (χ0) is 14.1. The third-order valence-electron chi connectivity index (χ3n) is 2.96. The van der Waals surface area contributed by atoms with Crippen LogP contribution in [0.2, 0.25) is 0 Å². The Morgan fingerprint density at radius 2 is 2.21 bits per heavy atom. The Bertz CT molecular complexity index is 360. The van der Waals surface area contributed by atoms with Gasteiger partial charge in [0, 0.05) is 19.2 Å². The van der Waals surface area contributed by atoms with Crippen LogP contribution in [0.1, 0.15) is 38.3 Å². The molecule has 3 nitrogen and oxygen atoms in total. The number of halogens is 1. The Morgan fingerprint density at radius 3 is 2.89 bits per heavy atom. The number of unbranched alkanes of at least 4 members (excludes halogenated alkanes) is 1. The molecule has 1 rings (SSSR count). The first-order chi connectivity index (χ1) is 9.13. The lowest BCUT2D eigenvalue weighted by Gasteiger charge is -2.17. The molecule has 0 bridgehead atoms. The average Bonchev–Trinajstić information content (AvgIpc) is 2.41. The molecule has 1 aromatic carbocycles. The van der Waals surface area contributed by atoms with E-state index in [1.807, 2.05) is 13.0 Å². The van der Waals surface area contributed by atoms with Crippen LogP contribution in [0.3, 0.4) is 0 Å². The normalized spacial score (nSPS) is 14.3. The second-order valence-electron chi connectivity index (χ2n) is 4.77. The number of aliphatic hydroxyl groups is 1. The van der Waals surface area contributed by atoms with Crippen LogP contribution >= 0.6 is 0 Å². The van der Waals surface area contributed by atoms with E-state index in [0.29, 0.717) is 19.8 Å². The third kappa shape index (κ3) is 6.66. The smallest absolute Gasteiger partial charge is 0.123 e. The highest BCUT2D eigenvalue weighted by molar-refractivity contribution is 5.19. The zero-order valence-electron chi connectivity index (χ0n) is 11.7. The van der Waals surface area contributed by atoms with E-state index in [4.69, 9.17) is 4.74 Å². The topological polar surface area (TPSA) is 41.5 Å². The van der Waals surface area contributed by atoms with E-state index in [2.05, 4.69) is 12.2 Å². The van der Waals surface area contributed by atoms with Crippen molar-refractivity contribution >= 4 is 0 Å². The largest absolute Gasteiger partial charge is 0.389 e. The predicted molar refractivity (Wildman–Crippen MR) is 74.6 cm³/mol.